The quantitative estimate of drug-likeness (QED) is 0.193. The van der Waals surface area contributed by atoms with Gasteiger partial charge in [0.2, 0.25) is 5.91 Å². The fraction of sp³-hybridized carbons (Fsp3) is 0.444. The second-order valence-electron chi connectivity index (χ2n) is 6.50. The number of hydrogen-bond donors (Lipinski definition) is 1. The summed E-state index contributed by atoms with van der Waals surface area (Å²) >= 11 is 2.62. The zero-order chi connectivity index (χ0) is 21.3. The van der Waals surface area contributed by atoms with Gasteiger partial charge in [-0.15, -0.1) is 23.1 Å². The first kappa shape index (κ1) is 24.9. The van der Waals surface area contributed by atoms with Crippen LogP contribution in [-0.2, 0) is 35.1 Å². The Morgan fingerprint density at radius 2 is 2.13 bits per heavy atom. The van der Waals surface area contributed by atoms with Crippen LogP contribution in [0.15, 0.2) is 28.8 Å². The van der Waals surface area contributed by atoms with Gasteiger partial charge in [-0.25, -0.2) is 0 Å². The molecule has 3 rings (SSSR count). The predicted molar refractivity (Wildman–Crippen MR) is 102 cm³/mol. The van der Waals surface area contributed by atoms with Crippen LogP contribution in [-0.4, -0.2) is 58.7 Å². The Hall–Kier alpha value is -1.37. The molecule has 0 aromatic carbocycles. The van der Waals surface area contributed by atoms with E-state index in [1.165, 1.54) is 44.1 Å². The van der Waals surface area contributed by atoms with Gasteiger partial charge in [-0.3, -0.25) is 19.3 Å². The molecule has 30 heavy (non-hydrogen) atoms. The van der Waals surface area contributed by atoms with E-state index in [1.807, 2.05) is 11.4 Å². The molecule has 3 heterocycles. The average molecular weight is 462 g/mol. The summed E-state index contributed by atoms with van der Waals surface area (Å²) in [5.74, 6) is -3.11. The topological polar surface area (TPSA) is 125 Å². The van der Waals surface area contributed by atoms with Gasteiger partial charge in [-0.2, -0.15) is 0 Å². The smallest absolute Gasteiger partial charge is 0.543 e. The molecule has 2 amide bonds. The molecule has 9 nitrogen and oxygen atoms in total. The molecule has 2 aliphatic rings. The number of hydrogen-bond acceptors (Lipinski definition) is 9. The fourth-order valence-electron chi connectivity index (χ4n) is 3.35. The molecule has 0 spiro atoms. The molecule has 0 radical (unpaired) electrons. The van der Waals surface area contributed by atoms with Gasteiger partial charge in [0.25, 0.3) is 11.6 Å². The predicted octanol–water partition coefficient (Wildman–Crippen LogP) is -3.38. The largest absolute Gasteiger partial charge is 1.00 e. The van der Waals surface area contributed by atoms with Crippen LogP contribution >= 0.6 is 23.1 Å². The first-order valence-electron chi connectivity index (χ1n) is 8.66. The summed E-state index contributed by atoms with van der Waals surface area (Å²) in [6.45, 7) is 2.74. The zero-order valence-corrected chi connectivity index (χ0v) is 20.6. The second-order valence-corrected chi connectivity index (χ2v) is 8.60. The van der Waals surface area contributed by atoms with Crippen LogP contribution in [0.25, 0.3) is 0 Å². The number of fused-ring (bicyclic) bond motifs is 1. The number of methoxy groups -OCH3 is 1. The molecule has 2 aliphatic heterocycles. The van der Waals surface area contributed by atoms with Crippen molar-refractivity contribution in [1.82, 2.24) is 10.2 Å². The summed E-state index contributed by atoms with van der Waals surface area (Å²) in [6, 6.07) is 3.61. The van der Waals surface area contributed by atoms with Crippen LogP contribution in [0.5, 0.6) is 0 Å². The molecule has 1 aromatic heterocycles. The standard InChI is InChI=1S/C18H20N2O7S2.Na/c1-9(27-10(2)21)12-8-29-17-18(26-3,16(25)20(17)14(12)15(23)24)19-13(22)7-11-5-4-6-28-11;/h4-6,9,17H,7-8H2,1-3H3,(H,19,22)(H,23,24);/q;+1/p-1/t9?,17-,18+;/m1./s1. The van der Waals surface area contributed by atoms with Crippen molar-refractivity contribution in [3.8, 4) is 0 Å². The maximum atomic E-state index is 12.9. The summed E-state index contributed by atoms with van der Waals surface area (Å²) in [4.78, 5) is 50.2. The molecule has 1 saturated heterocycles. The molecule has 1 aromatic rings. The van der Waals surface area contributed by atoms with E-state index >= 15 is 0 Å². The van der Waals surface area contributed by atoms with Crippen molar-refractivity contribution in [3.05, 3.63) is 33.7 Å². The Kier molecular flexibility index (Phi) is 8.16. The van der Waals surface area contributed by atoms with Gasteiger partial charge in [0, 0.05) is 30.2 Å². The van der Waals surface area contributed by atoms with Crippen molar-refractivity contribution in [2.24, 2.45) is 0 Å². The molecule has 1 unspecified atom stereocenters. The summed E-state index contributed by atoms with van der Waals surface area (Å²) in [6.07, 6.45) is -0.765. The van der Waals surface area contributed by atoms with Crippen LogP contribution in [0, 0.1) is 0 Å². The Morgan fingerprint density at radius 3 is 2.67 bits per heavy atom. The number of nitrogens with one attached hydrogen (secondary N) is 1. The van der Waals surface area contributed by atoms with E-state index in [1.54, 1.807) is 6.07 Å². The summed E-state index contributed by atoms with van der Waals surface area (Å²) < 4.78 is 10.4. The van der Waals surface area contributed by atoms with Gasteiger partial charge in [0.05, 0.1) is 18.1 Å². The number of rotatable bonds is 7. The van der Waals surface area contributed by atoms with Crippen LogP contribution in [0.4, 0.5) is 0 Å². The Labute approximate surface area is 203 Å². The average Bonchev–Trinajstić information content (AvgIpc) is 3.16. The number of nitrogens with zero attached hydrogens (tertiary/aromatic N) is 1. The van der Waals surface area contributed by atoms with Crippen LogP contribution < -0.4 is 40.0 Å². The number of amides is 2. The monoisotopic (exact) mass is 462 g/mol. The molecule has 0 aliphatic carbocycles. The van der Waals surface area contributed by atoms with E-state index in [9.17, 15) is 24.3 Å². The van der Waals surface area contributed by atoms with Crippen LogP contribution in [0.3, 0.4) is 0 Å². The van der Waals surface area contributed by atoms with E-state index in [4.69, 9.17) is 9.47 Å². The van der Waals surface area contributed by atoms with E-state index in [-0.39, 0.29) is 53.0 Å². The summed E-state index contributed by atoms with van der Waals surface area (Å²) in [5, 5.41) is 15.5. The minimum atomic E-state index is -1.67. The van der Waals surface area contributed by atoms with Crippen molar-refractivity contribution < 1.29 is 63.3 Å². The van der Waals surface area contributed by atoms with Crippen molar-refractivity contribution in [1.29, 1.82) is 0 Å². The number of carbonyl (C=O) groups excluding carboxylic acids is 4. The van der Waals surface area contributed by atoms with E-state index in [0.29, 0.717) is 0 Å². The van der Waals surface area contributed by atoms with Gasteiger partial charge in [-0.05, 0) is 18.4 Å². The van der Waals surface area contributed by atoms with E-state index in [0.717, 1.165) is 9.78 Å². The van der Waals surface area contributed by atoms with E-state index < -0.39 is 41.0 Å². The Morgan fingerprint density at radius 1 is 1.43 bits per heavy atom. The zero-order valence-electron chi connectivity index (χ0n) is 16.9. The Balaban J connectivity index is 0.00000320. The molecule has 3 atom stereocenters. The Bertz CT molecular complexity index is 889. The third-order valence-corrected chi connectivity index (χ3v) is 6.86. The maximum Gasteiger partial charge on any atom is 1.00 e. The maximum absolute atomic E-state index is 12.9. The third-order valence-electron chi connectivity index (χ3n) is 4.65. The van der Waals surface area contributed by atoms with Crippen molar-refractivity contribution in [3.63, 3.8) is 0 Å². The van der Waals surface area contributed by atoms with Crippen LogP contribution in [0.2, 0.25) is 0 Å². The van der Waals surface area contributed by atoms with Crippen LogP contribution in [0.1, 0.15) is 18.7 Å². The van der Waals surface area contributed by atoms with Crippen molar-refractivity contribution >= 4 is 46.9 Å². The first-order chi connectivity index (χ1) is 13.7. The molecular formula is C18H19N2NaO7S2. The number of esters is 1. The number of carboxylic acid groups (broad SMARTS) is 1. The molecule has 12 heteroatoms. The SMILES string of the molecule is CO[C@@]1(NC(=O)Cc2cccs2)C(=O)N2C(C(=O)[O-])=C(C(C)OC(C)=O)CS[C@@H]21.[Na+]. The molecular weight excluding hydrogens is 443 g/mol. The number of aliphatic carboxylic acids is 1. The number of ether oxygens (including phenoxy) is 2. The molecule has 1 fully saturated rings. The molecule has 0 saturated carbocycles. The van der Waals surface area contributed by atoms with Gasteiger partial charge in [-0.1, -0.05) is 6.07 Å². The van der Waals surface area contributed by atoms with Gasteiger partial charge in [0.1, 0.15) is 11.5 Å². The minimum absolute atomic E-state index is 0. The van der Waals surface area contributed by atoms with Gasteiger partial charge in [0.15, 0.2) is 0 Å². The molecule has 156 valence electrons. The number of thiophene rings is 1. The van der Waals surface area contributed by atoms with E-state index in [2.05, 4.69) is 5.32 Å². The number of thioether (sulfide) groups is 1. The normalized spacial score (nSPS) is 23.6. The molecule has 1 N–H and O–H groups in total. The van der Waals surface area contributed by atoms with Gasteiger partial charge >= 0.3 is 35.5 Å². The van der Waals surface area contributed by atoms with Gasteiger partial charge < -0.3 is 24.7 Å². The number of β-lactam (4-membered cyclic amide) rings is 1. The second kappa shape index (κ2) is 9.84. The molecule has 0 bridgehead atoms. The minimum Gasteiger partial charge on any atom is -0.543 e. The third kappa shape index (κ3) is 4.46. The first-order valence-corrected chi connectivity index (χ1v) is 10.6. The number of carboxylic acids is 1. The van der Waals surface area contributed by atoms with Crippen molar-refractivity contribution in [2.75, 3.05) is 12.9 Å². The summed E-state index contributed by atoms with van der Waals surface area (Å²) in [5.41, 5.74) is -1.77. The summed E-state index contributed by atoms with van der Waals surface area (Å²) in [7, 11) is 1.28. The number of carbonyl (C=O) groups is 4. The fourth-order valence-corrected chi connectivity index (χ4v) is 5.60. The van der Waals surface area contributed by atoms with Crippen molar-refractivity contribution in [2.45, 2.75) is 37.5 Å².